The number of nitrogens with two attached hydrogens (primary N) is 1. The van der Waals surface area contributed by atoms with Crippen LogP contribution in [0.4, 0.5) is 0 Å². The lowest BCUT2D eigenvalue weighted by Crippen LogP contribution is -2.43. The highest BCUT2D eigenvalue weighted by Gasteiger charge is 2.24. The monoisotopic (exact) mass is 186 g/mol. The van der Waals surface area contributed by atoms with Gasteiger partial charge in [0.1, 0.15) is 0 Å². The predicted octanol–water partition coefficient (Wildman–Crippen LogP) is -0.732. The van der Waals surface area contributed by atoms with Crippen LogP contribution in [0.25, 0.3) is 0 Å². The molecule has 1 heterocycles. The van der Waals surface area contributed by atoms with E-state index in [4.69, 9.17) is 10.8 Å². The van der Waals surface area contributed by atoms with Crippen molar-refractivity contribution in [2.24, 2.45) is 11.7 Å². The third kappa shape index (κ3) is 3.02. The molecule has 1 rings (SSSR count). The van der Waals surface area contributed by atoms with E-state index >= 15 is 0 Å². The van der Waals surface area contributed by atoms with Gasteiger partial charge < -0.3 is 10.8 Å². The first-order valence-electron chi connectivity index (χ1n) is 4.33. The highest BCUT2D eigenvalue weighted by atomic mass is 16.4. The zero-order chi connectivity index (χ0) is 9.84. The van der Waals surface area contributed by atoms with Crippen LogP contribution in [0.5, 0.6) is 0 Å². The van der Waals surface area contributed by atoms with E-state index in [1.807, 2.05) is 0 Å². The molecule has 0 spiro atoms. The lowest BCUT2D eigenvalue weighted by Gasteiger charge is -2.29. The molecule has 5 nitrogen and oxygen atoms in total. The van der Waals surface area contributed by atoms with Gasteiger partial charge in [-0.25, -0.2) is 0 Å². The summed E-state index contributed by atoms with van der Waals surface area (Å²) in [5.74, 6) is -1.35. The van der Waals surface area contributed by atoms with E-state index < -0.39 is 5.97 Å². The second kappa shape index (κ2) is 4.23. The number of aliphatic carboxylic acids is 1. The van der Waals surface area contributed by atoms with E-state index in [0.717, 1.165) is 19.4 Å². The Hall–Kier alpha value is -1.10. The molecule has 1 unspecified atom stereocenters. The van der Waals surface area contributed by atoms with Crippen molar-refractivity contribution < 1.29 is 14.7 Å². The minimum absolute atomic E-state index is 0.00375. The van der Waals surface area contributed by atoms with E-state index in [1.54, 1.807) is 4.90 Å². The molecule has 3 N–H and O–H groups in total. The molecule has 0 aliphatic carbocycles. The molecule has 1 aliphatic rings. The Labute approximate surface area is 76.5 Å². The van der Waals surface area contributed by atoms with Crippen molar-refractivity contribution in [3.05, 3.63) is 0 Å². The van der Waals surface area contributed by atoms with Crippen molar-refractivity contribution in [2.75, 3.05) is 19.6 Å². The van der Waals surface area contributed by atoms with E-state index in [1.165, 1.54) is 0 Å². The number of hydrogen-bond donors (Lipinski definition) is 2. The Morgan fingerprint density at radius 2 is 2.23 bits per heavy atom. The number of likely N-dealkylation sites (tertiary alicyclic amines) is 1. The average molecular weight is 186 g/mol. The third-order valence-electron chi connectivity index (χ3n) is 2.27. The number of nitrogens with zero attached hydrogens (tertiary/aromatic N) is 1. The van der Waals surface area contributed by atoms with Crippen LogP contribution in [-0.2, 0) is 9.59 Å². The lowest BCUT2D eigenvalue weighted by molar-refractivity contribution is -0.139. The van der Waals surface area contributed by atoms with Gasteiger partial charge in [0.2, 0.25) is 5.91 Å². The van der Waals surface area contributed by atoms with E-state index in [0.29, 0.717) is 6.54 Å². The fourth-order valence-corrected chi connectivity index (χ4v) is 1.62. The second-order valence-electron chi connectivity index (χ2n) is 3.37. The minimum Gasteiger partial charge on any atom is -0.480 e. The molecule has 1 amide bonds. The van der Waals surface area contributed by atoms with Gasteiger partial charge in [-0.15, -0.1) is 0 Å². The van der Waals surface area contributed by atoms with Crippen LogP contribution >= 0.6 is 0 Å². The van der Waals surface area contributed by atoms with Crippen LogP contribution in [0.15, 0.2) is 0 Å². The Kier molecular flexibility index (Phi) is 3.25. The van der Waals surface area contributed by atoms with Gasteiger partial charge in [-0.2, -0.15) is 0 Å². The fourth-order valence-electron chi connectivity index (χ4n) is 1.62. The Balaban J connectivity index is 2.41. The van der Waals surface area contributed by atoms with Crippen LogP contribution < -0.4 is 5.73 Å². The summed E-state index contributed by atoms with van der Waals surface area (Å²) in [5.41, 5.74) is 5.15. The molecule has 0 radical (unpaired) electrons. The predicted molar refractivity (Wildman–Crippen MR) is 46.0 cm³/mol. The standard InChI is InChI=1S/C8H14N2O3/c9-8(13)6-2-1-3-10(4-6)5-7(11)12/h6H,1-5H2,(H2,9,13)(H,11,12). The first-order chi connectivity index (χ1) is 6.09. The Morgan fingerprint density at radius 1 is 1.54 bits per heavy atom. The number of carbonyl (C=O) groups is 2. The SMILES string of the molecule is NC(=O)C1CCCN(CC(=O)O)C1. The van der Waals surface area contributed by atoms with Gasteiger partial charge in [0, 0.05) is 6.54 Å². The quantitative estimate of drug-likeness (QED) is 0.608. The highest BCUT2D eigenvalue weighted by molar-refractivity contribution is 5.77. The summed E-state index contributed by atoms with van der Waals surface area (Å²) >= 11 is 0. The summed E-state index contributed by atoms with van der Waals surface area (Å²) in [5, 5.41) is 8.53. The number of carboxylic acid groups (broad SMARTS) is 1. The van der Waals surface area contributed by atoms with Crippen molar-refractivity contribution in [3.8, 4) is 0 Å². The first-order valence-corrected chi connectivity index (χ1v) is 4.33. The number of carbonyl (C=O) groups excluding carboxylic acids is 1. The molecule has 1 atom stereocenters. The van der Waals surface area contributed by atoms with E-state index in [9.17, 15) is 9.59 Å². The van der Waals surface area contributed by atoms with E-state index in [2.05, 4.69) is 0 Å². The molecule has 0 bridgehead atoms. The van der Waals surface area contributed by atoms with E-state index in [-0.39, 0.29) is 18.4 Å². The number of hydrogen-bond acceptors (Lipinski definition) is 3. The average Bonchev–Trinajstić information content (AvgIpc) is 2.03. The summed E-state index contributed by atoms with van der Waals surface area (Å²) in [6.45, 7) is 1.24. The van der Waals surface area contributed by atoms with Crippen LogP contribution in [-0.4, -0.2) is 41.5 Å². The lowest BCUT2D eigenvalue weighted by atomic mass is 9.98. The molecule has 74 valence electrons. The molecule has 5 heteroatoms. The van der Waals surface area contributed by atoms with Gasteiger partial charge in [-0.3, -0.25) is 14.5 Å². The molecule has 1 aliphatic heterocycles. The molecule has 1 fully saturated rings. The maximum absolute atomic E-state index is 10.8. The van der Waals surface area contributed by atoms with Gasteiger partial charge >= 0.3 is 5.97 Å². The summed E-state index contributed by atoms with van der Waals surface area (Å²) < 4.78 is 0. The molecule has 1 saturated heterocycles. The minimum atomic E-state index is -0.856. The number of piperidine rings is 1. The summed E-state index contributed by atoms with van der Waals surface area (Å²) in [6, 6.07) is 0. The number of carboxylic acids is 1. The van der Waals surface area contributed by atoms with Crippen molar-refractivity contribution in [1.82, 2.24) is 4.90 Å². The van der Waals surface area contributed by atoms with Gasteiger partial charge in [0.25, 0.3) is 0 Å². The molecule has 13 heavy (non-hydrogen) atoms. The zero-order valence-electron chi connectivity index (χ0n) is 7.40. The molecule has 0 aromatic carbocycles. The third-order valence-corrected chi connectivity index (χ3v) is 2.27. The molecular formula is C8H14N2O3. The fraction of sp³-hybridized carbons (Fsp3) is 0.750. The Morgan fingerprint density at radius 3 is 2.77 bits per heavy atom. The highest BCUT2D eigenvalue weighted by Crippen LogP contribution is 2.15. The smallest absolute Gasteiger partial charge is 0.317 e. The summed E-state index contributed by atoms with van der Waals surface area (Å²) in [7, 11) is 0. The largest absolute Gasteiger partial charge is 0.480 e. The van der Waals surface area contributed by atoms with Crippen molar-refractivity contribution in [2.45, 2.75) is 12.8 Å². The van der Waals surface area contributed by atoms with Crippen molar-refractivity contribution >= 4 is 11.9 Å². The van der Waals surface area contributed by atoms with Gasteiger partial charge in [-0.05, 0) is 19.4 Å². The maximum atomic E-state index is 10.8. The van der Waals surface area contributed by atoms with Crippen molar-refractivity contribution in [1.29, 1.82) is 0 Å². The molecular weight excluding hydrogens is 172 g/mol. The molecule has 0 aromatic heterocycles. The first kappa shape index (κ1) is 9.98. The van der Waals surface area contributed by atoms with Crippen molar-refractivity contribution in [3.63, 3.8) is 0 Å². The van der Waals surface area contributed by atoms with Crippen LogP contribution in [0.3, 0.4) is 0 Å². The van der Waals surface area contributed by atoms with Crippen LogP contribution in [0, 0.1) is 5.92 Å². The van der Waals surface area contributed by atoms with Gasteiger partial charge in [-0.1, -0.05) is 0 Å². The maximum Gasteiger partial charge on any atom is 0.317 e. The van der Waals surface area contributed by atoms with Gasteiger partial charge in [0.15, 0.2) is 0 Å². The second-order valence-corrected chi connectivity index (χ2v) is 3.37. The molecule has 0 saturated carbocycles. The van der Waals surface area contributed by atoms with Crippen LogP contribution in [0.1, 0.15) is 12.8 Å². The molecule has 0 aromatic rings. The number of amides is 1. The summed E-state index contributed by atoms with van der Waals surface area (Å²) in [6.07, 6.45) is 1.63. The normalized spacial score (nSPS) is 24.2. The number of rotatable bonds is 3. The number of primary amides is 1. The van der Waals surface area contributed by atoms with Crippen LogP contribution in [0.2, 0.25) is 0 Å². The Bertz CT molecular complexity index is 217. The topological polar surface area (TPSA) is 83.6 Å². The summed E-state index contributed by atoms with van der Waals surface area (Å²) in [4.78, 5) is 23.0. The van der Waals surface area contributed by atoms with Gasteiger partial charge in [0.05, 0.1) is 12.5 Å². The zero-order valence-corrected chi connectivity index (χ0v) is 7.40.